The Hall–Kier alpha value is -1.31. The van der Waals surface area contributed by atoms with Gasteiger partial charge in [0.15, 0.2) is 0 Å². The largest absolute Gasteiger partial charge is 0.475 e. The number of carbonyl (C=O) groups is 1. The fourth-order valence-corrected chi connectivity index (χ4v) is 2.50. The summed E-state index contributed by atoms with van der Waals surface area (Å²) in [5.41, 5.74) is 0.669. The second-order valence-electron chi connectivity index (χ2n) is 3.99. The van der Waals surface area contributed by atoms with Crippen LogP contribution in [0, 0.1) is 0 Å². The van der Waals surface area contributed by atoms with Crippen molar-refractivity contribution >= 4 is 23.4 Å². The van der Waals surface area contributed by atoms with E-state index in [2.05, 4.69) is 15.6 Å². The highest BCUT2D eigenvalue weighted by molar-refractivity contribution is 7.99. The molecule has 1 atom stereocenters. The molecule has 0 radical (unpaired) electrons. The van der Waals surface area contributed by atoms with E-state index in [1.807, 2.05) is 0 Å². The highest BCUT2D eigenvalue weighted by Gasteiger charge is 2.22. The number of rotatable bonds is 6. The molecule has 0 spiro atoms. The van der Waals surface area contributed by atoms with Crippen LogP contribution in [0.25, 0.3) is 0 Å². The Morgan fingerprint density at radius 3 is 3.11 bits per heavy atom. The molecule has 0 saturated carbocycles. The Bertz CT molecular complexity index is 407. The Labute approximate surface area is 116 Å². The summed E-state index contributed by atoms with van der Waals surface area (Å²) in [7, 11) is 1.62. The smallest absolute Gasteiger partial charge is 0.242 e. The van der Waals surface area contributed by atoms with Gasteiger partial charge in [-0.25, -0.2) is 4.98 Å². The van der Waals surface area contributed by atoms with Crippen LogP contribution < -0.4 is 15.4 Å². The summed E-state index contributed by atoms with van der Waals surface area (Å²) >= 11 is 1.72. The lowest BCUT2D eigenvalue weighted by Gasteiger charge is -2.10. The topological polar surface area (TPSA) is 72.5 Å². The molecule has 1 aliphatic heterocycles. The molecule has 0 bridgehead atoms. The number of aromatic nitrogens is 1. The zero-order valence-corrected chi connectivity index (χ0v) is 11.5. The van der Waals surface area contributed by atoms with E-state index in [0.29, 0.717) is 24.8 Å². The second kappa shape index (κ2) is 7.32. The number of hydrogen-bond acceptors (Lipinski definition) is 6. The molecule has 1 aromatic rings. The molecule has 7 heteroatoms. The van der Waals surface area contributed by atoms with Crippen LogP contribution in [0.15, 0.2) is 18.3 Å². The van der Waals surface area contributed by atoms with Crippen LogP contribution in [-0.4, -0.2) is 48.9 Å². The van der Waals surface area contributed by atoms with Gasteiger partial charge in [0.05, 0.1) is 24.5 Å². The van der Waals surface area contributed by atoms with Crippen LogP contribution in [0.5, 0.6) is 5.88 Å². The van der Waals surface area contributed by atoms with Crippen molar-refractivity contribution in [2.45, 2.75) is 6.04 Å². The number of ether oxygens (including phenoxy) is 2. The van der Waals surface area contributed by atoms with E-state index in [4.69, 9.17) is 9.47 Å². The Kier molecular flexibility index (Phi) is 5.44. The number of carbonyl (C=O) groups excluding carboxylic acids is 1. The monoisotopic (exact) mass is 283 g/mol. The minimum Gasteiger partial charge on any atom is -0.475 e. The van der Waals surface area contributed by atoms with Gasteiger partial charge in [0.1, 0.15) is 6.61 Å². The van der Waals surface area contributed by atoms with E-state index >= 15 is 0 Å². The van der Waals surface area contributed by atoms with Crippen LogP contribution in [0.4, 0.5) is 5.69 Å². The second-order valence-corrected chi connectivity index (χ2v) is 5.02. The summed E-state index contributed by atoms with van der Waals surface area (Å²) in [6.07, 6.45) is 1.59. The maximum absolute atomic E-state index is 11.8. The minimum atomic E-state index is -0.123. The molecule has 1 fully saturated rings. The van der Waals surface area contributed by atoms with Gasteiger partial charge in [-0.05, 0) is 6.07 Å². The first-order valence-electron chi connectivity index (χ1n) is 5.99. The van der Waals surface area contributed by atoms with Crippen molar-refractivity contribution in [1.29, 1.82) is 0 Å². The predicted octanol–water partition coefficient (Wildman–Crippen LogP) is 0.708. The maximum Gasteiger partial charge on any atom is 0.242 e. The number of nitrogens with zero attached hydrogens (tertiary/aromatic N) is 1. The number of pyridine rings is 1. The first-order chi connectivity index (χ1) is 9.29. The summed E-state index contributed by atoms with van der Waals surface area (Å²) in [6, 6.07) is 3.37. The van der Waals surface area contributed by atoms with Crippen molar-refractivity contribution in [3.8, 4) is 5.88 Å². The molecular formula is C12H17N3O3S. The van der Waals surface area contributed by atoms with Crippen LogP contribution >= 0.6 is 11.8 Å². The van der Waals surface area contributed by atoms with E-state index in [0.717, 1.165) is 11.6 Å². The zero-order valence-electron chi connectivity index (χ0n) is 10.7. The molecule has 1 aromatic heterocycles. The van der Waals surface area contributed by atoms with Crippen molar-refractivity contribution in [3.05, 3.63) is 18.3 Å². The van der Waals surface area contributed by atoms with Crippen molar-refractivity contribution < 1.29 is 14.3 Å². The Balaban J connectivity index is 1.82. The average molecular weight is 283 g/mol. The normalized spacial score (nSPS) is 18.3. The third-order valence-corrected chi connectivity index (χ3v) is 3.51. The lowest BCUT2D eigenvalue weighted by Crippen LogP contribution is -2.37. The molecule has 0 aromatic carbocycles. The lowest BCUT2D eigenvalue weighted by atomic mass is 10.3. The highest BCUT2D eigenvalue weighted by Crippen LogP contribution is 2.14. The number of amides is 1. The molecular weight excluding hydrogens is 266 g/mol. The van der Waals surface area contributed by atoms with Crippen molar-refractivity contribution in [2.24, 2.45) is 0 Å². The van der Waals surface area contributed by atoms with Gasteiger partial charge in [0.25, 0.3) is 0 Å². The number of anilines is 1. The van der Waals surface area contributed by atoms with E-state index in [1.54, 1.807) is 37.2 Å². The fourth-order valence-electron chi connectivity index (χ4n) is 1.56. The van der Waals surface area contributed by atoms with Crippen LogP contribution in [-0.2, 0) is 9.53 Å². The van der Waals surface area contributed by atoms with Gasteiger partial charge < -0.3 is 14.8 Å². The summed E-state index contributed by atoms with van der Waals surface area (Å²) in [5.74, 6) is 2.12. The van der Waals surface area contributed by atoms with Gasteiger partial charge in [0.2, 0.25) is 11.8 Å². The Morgan fingerprint density at radius 2 is 2.47 bits per heavy atom. The average Bonchev–Trinajstić information content (AvgIpc) is 2.95. The third kappa shape index (κ3) is 4.38. The number of methoxy groups -OCH3 is 1. The third-order valence-electron chi connectivity index (χ3n) is 2.57. The Morgan fingerprint density at radius 1 is 1.58 bits per heavy atom. The maximum atomic E-state index is 11.8. The van der Waals surface area contributed by atoms with Crippen molar-refractivity contribution in [2.75, 3.05) is 37.3 Å². The van der Waals surface area contributed by atoms with E-state index < -0.39 is 0 Å². The fraction of sp³-hybridized carbons (Fsp3) is 0.500. The summed E-state index contributed by atoms with van der Waals surface area (Å²) in [5, 5.41) is 5.94. The molecule has 1 unspecified atom stereocenters. The molecule has 1 amide bonds. The highest BCUT2D eigenvalue weighted by atomic mass is 32.2. The van der Waals surface area contributed by atoms with E-state index in [1.165, 1.54) is 0 Å². The van der Waals surface area contributed by atoms with Crippen LogP contribution in [0.3, 0.4) is 0 Å². The number of thioether (sulfide) groups is 1. The van der Waals surface area contributed by atoms with Gasteiger partial charge in [0, 0.05) is 24.8 Å². The van der Waals surface area contributed by atoms with Gasteiger partial charge in [-0.15, -0.1) is 11.8 Å². The molecule has 1 aliphatic rings. The molecule has 104 valence electrons. The first-order valence-corrected chi connectivity index (χ1v) is 7.15. The summed E-state index contributed by atoms with van der Waals surface area (Å²) in [4.78, 5) is 16.0. The van der Waals surface area contributed by atoms with Gasteiger partial charge in [-0.1, -0.05) is 0 Å². The zero-order chi connectivity index (χ0) is 13.5. The minimum absolute atomic E-state index is 0.0279. The molecule has 1 saturated heterocycles. The SMILES string of the molecule is COCCOc1ccc(NC(=O)C2CSCN2)cn1. The van der Waals surface area contributed by atoms with Crippen molar-refractivity contribution in [3.63, 3.8) is 0 Å². The standard InChI is InChI=1S/C12H17N3O3S/c1-17-4-5-18-11-3-2-9(6-13-11)15-12(16)10-7-19-8-14-10/h2-3,6,10,14H,4-5,7-8H2,1H3,(H,15,16). The van der Waals surface area contributed by atoms with E-state index in [-0.39, 0.29) is 11.9 Å². The number of nitrogens with one attached hydrogen (secondary N) is 2. The molecule has 0 aliphatic carbocycles. The van der Waals surface area contributed by atoms with Gasteiger partial charge in [-0.3, -0.25) is 10.1 Å². The molecule has 6 nitrogen and oxygen atoms in total. The lowest BCUT2D eigenvalue weighted by molar-refractivity contribution is -0.117. The molecule has 2 N–H and O–H groups in total. The van der Waals surface area contributed by atoms with Gasteiger partial charge >= 0.3 is 0 Å². The van der Waals surface area contributed by atoms with Crippen LogP contribution in [0.1, 0.15) is 0 Å². The quantitative estimate of drug-likeness (QED) is 0.749. The summed E-state index contributed by atoms with van der Waals surface area (Å²) in [6.45, 7) is 0.976. The van der Waals surface area contributed by atoms with Gasteiger partial charge in [-0.2, -0.15) is 0 Å². The molecule has 2 heterocycles. The number of hydrogen-bond donors (Lipinski definition) is 2. The molecule has 19 heavy (non-hydrogen) atoms. The van der Waals surface area contributed by atoms with E-state index in [9.17, 15) is 4.79 Å². The van der Waals surface area contributed by atoms with Crippen LogP contribution in [0.2, 0.25) is 0 Å². The summed E-state index contributed by atoms with van der Waals surface area (Å²) < 4.78 is 10.2. The first kappa shape index (κ1) is 14.1. The predicted molar refractivity (Wildman–Crippen MR) is 74.5 cm³/mol. The molecule has 2 rings (SSSR count). The van der Waals surface area contributed by atoms with Crippen molar-refractivity contribution in [1.82, 2.24) is 10.3 Å².